The molecule has 0 aliphatic heterocycles. The Hall–Kier alpha value is -0.820. The van der Waals surface area contributed by atoms with Crippen molar-refractivity contribution in [2.75, 3.05) is 6.61 Å². The van der Waals surface area contributed by atoms with Crippen molar-refractivity contribution in [2.24, 2.45) is 5.92 Å². The minimum absolute atomic E-state index is 0.271. The van der Waals surface area contributed by atoms with Crippen LogP contribution in [0.3, 0.4) is 0 Å². The zero-order valence-electron chi connectivity index (χ0n) is 8.67. The Morgan fingerprint density at radius 1 is 1.15 bits per heavy atom. The van der Waals surface area contributed by atoms with Crippen LogP contribution in [0.1, 0.15) is 23.6 Å². The molecule has 0 spiro atoms. The third-order valence-electron chi connectivity index (χ3n) is 2.18. The molecule has 72 valence electrons. The van der Waals surface area contributed by atoms with Crippen LogP contribution in [-0.2, 0) is 6.42 Å². The van der Waals surface area contributed by atoms with E-state index in [-0.39, 0.29) is 6.61 Å². The van der Waals surface area contributed by atoms with Crippen LogP contribution in [0.25, 0.3) is 0 Å². The third kappa shape index (κ3) is 3.19. The van der Waals surface area contributed by atoms with Crippen LogP contribution < -0.4 is 0 Å². The summed E-state index contributed by atoms with van der Waals surface area (Å²) in [5, 5.41) is 8.93. The number of hydrogen-bond donors (Lipinski definition) is 1. The van der Waals surface area contributed by atoms with Crippen molar-refractivity contribution in [1.29, 1.82) is 0 Å². The van der Waals surface area contributed by atoms with Gasteiger partial charge in [-0.3, -0.25) is 0 Å². The van der Waals surface area contributed by atoms with E-state index >= 15 is 0 Å². The van der Waals surface area contributed by atoms with E-state index in [0.29, 0.717) is 5.92 Å². The van der Waals surface area contributed by atoms with Gasteiger partial charge in [-0.2, -0.15) is 0 Å². The maximum atomic E-state index is 8.93. The van der Waals surface area contributed by atoms with Gasteiger partial charge in [-0.25, -0.2) is 0 Å². The lowest BCUT2D eigenvalue weighted by molar-refractivity contribution is 0.237. The number of rotatable bonds is 3. The summed E-state index contributed by atoms with van der Waals surface area (Å²) in [6.45, 7) is 6.56. The Balaban J connectivity index is 2.77. The van der Waals surface area contributed by atoms with Gasteiger partial charge in [-0.05, 0) is 31.7 Å². The molecule has 1 heteroatoms. The molecule has 13 heavy (non-hydrogen) atoms. The van der Waals surface area contributed by atoms with E-state index < -0.39 is 0 Å². The van der Waals surface area contributed by atoms with E-state index in [2.05, 4.69) is 39.0 Å². The van der Waals surface area contributed by atoms with Crippen molar-refractivity contribution in [3.63, 3.8) is 0 Å². The molecule has 0 fully saturated rings. The number of aryl methyl sites for hydroxylation is 2. The molecule has 1 nitrogen and oxygen atoms in total. The molecule has 0 aliphatic carbocycles. The molecule has 0 aromatic heterocycles. The van der Waals surface area contributed by atoms with Gasteiger partial charge in [0.2, 0.25) is 0 Å². The molecule has 0 heterocycles. The summed E-state index contributed by atoms with van der Waals surface area (Å²) < 4.78 is 0. The second kappa shape index (κ2) is 4.43. The summed E-state index contributed by atoms with van der Waals surface area (Å²) >= 11 is 0. The fourth-order valence-electron chi connectivity index (χ4n) is 1.65. The third-order valence-corrected chi connectivity index (χ3v) is 2.18. The summed E-state index contributed by atoms with van der Waals surface area (Å²) in [7, 11) is 0. The average molecular weight is 178 g/mol. The lowest BCUT2D eigenvalue weighted by Gasteiger charge is -2.09. The van der Waals surface area contributed by atoms with Crippen molar-refractivity contribution < 1.29 is 5.11 Å². The molecular formula is C12H18O. The van der Waals surface area contributed by atoms with Crippen LogP contribution in [0, 0.1) is 19.8 Å². The number of hydrogen-bond acceptors (Lipinski definition) is 1. The van der Waals surface area contributed by atoms with Gasteiger partial charge in [0, 0.05) is 6.61 Å². The molecule has 0 amide bonds. The van der Waals surface area contributed by atoms with Crippen molar-refractivity contribution >= 4 is 0 Å². The lowest BCUT2D eigenvalue weighted by atomic mass is 9.98. The predicted molar refractivity (Wildman–Crippen MR) is 55.9 cm³/mol. The number of aliphatic hydroxyl groups excluding tert-OH is 1. The predicted octanol–water partition coefficient (Wildman–Crippen LogP) is 2.47. The lowest BCUT2D eigenvalue weighted by Crippen LogP contribution is -2.04. The van der Waals surface area contributed by atoms with Gasteiger partial charge in [-0.15, -0.1) is 0 Å². The summed E-state index contributed by atoms with van der Waals surface area (Å²) in [5.41, 5.74) is 3.94. The normalized spacial score (nSPS) is 12.9. The first-order valence-corrected chi connectivity index (χ1v) is 4.80. The maximum Gasteiger partial charge on any atom is 0.0459 e. The highest BCUT2D eigenvalue weighted by Crippen LogP contribution is 2.12. The molecule has 0 unspecified atom stereocenters. The molecule has 0 saturated heterocycles. The summed E-state index contributed by atoms with van der Waals surface area (Å²) in [5.74, 6) is 0.362. The highest BCUT2D eigenvalue weighted by molar-refractivity contribution is 5.28. The molecular weight excluding hydrogens is 160 g/mol. The van der Waals surface area contributed by atoms with Crippen molar-refractivity contribution in [3.05, 3.63) is 34.9 Å². The van der Waals surface area contributed by atoms with Gasteiger partial charge in [0.1, 0.15) is 0 Å². The molecule has 1 rings (SSSR count). The highest BCUT2D eigenvalue weighted by atomic mass is 16.3. The summed E-state index contributed by atoms with van der Waals surface area (Å²) in [4.78, 5) is 0. The van der Waals surface area contributed by atoms with Crippen LogP contribution in [0.15, 0.2) is 18.2 Å². The number of benzene rings is 1. The fraction of sp³-hybridized carbons (Fsp3) is 0.500. The van der Waals surface area contributed by atoms with Gasteiger partial charge in [0.15, 0.2) is 0 Å². The van der Waals surface area contributed by atoms with Crippen LogP contribution in [0.2, 0.25) is 0 Å². The van der Waals surface area contributed by atoms with E-state index in [0.717, 1.165) is 6.42 Å². The second-order valence-electron chi connectivity index (χ2n) is 3.99. The van der Waals surface area contributed by atoms with Gasteiger partial charge < -0.3 is 5.11 Å². The first-order valence-electron chi connectivity index (χ1n) is 4.80. The highest BCUT2D eigenvalue weighted by Gasteiger charge is 2.02. The van der Waals surface area contributed by atoms with E-state index in [1.165, 1.54) is 16.7 Å². The fourth-order valence-corrected chi connectivity index (χ4v) is 1.65. The topological polar surface area (TPSA) is 20.2 Å². The smallest absolute Gasteiger partial charge is 0.0459 e. The second-order valence-corrected chi connectivity index (χ2v) is 3.99. The summed E-state index contributed by atoms with van der Waals surface area (Å²) in [6.07, 6.45) is 0.971. The summed E-state index contributed by atoms with van der Waals surface area (Å²) in [6, 6.07) is 6.56. The van der Waals surface area contributed by atoms with Gasteiger partial charge in [-0.1, -0.05) is 36.2 Å². The van der Waals surface area contributed by atoms with Crippen molar-refractivity contribution in [2.45, 2.75) is 27.2 Å². The van der Waals surface area contributed by atoms with Crippen LogP contribution >= 0.6 is 0 Å². The minimum atomic E-state index is 0.271. The molecule has 0 bridgehead atoms. The monoisotopic (exact) mass is 178 g/mol. The van der Waals surface area contributed by atoms with E-state index in [1.54, 1.807) is 0 Å². The first-order chi connectivity index (χ1) is 6.11. The SMILES string of the molecule is Cc1cc(C)cc(C[C@H](C)CO)c1. The molecule has 1 atom stereocenters. The van der Waals surface area contributed by atoms with E-state index in [9.17, 15) is 0 Å². The Morgan fingerprint density at radius 2 is 1.69 bits per heavy atom. The molecule has 0 saturated carbocycles. The van der Waals surface area contributed by atoms with Gasteiger partial charge in [0.05, 0.1) is 0 Å². The van der Waals surface area contributed by atoms with Crippen LogP contribution in [0.4, 0.5) is 0 Å². The molecule has 1 N–H and O–H groups in total. The quantitative estimate of drug-likeness (QED) is 0.754. The van der Waals surface area contributed by atoms with Gasteiger partial charge >= 0.3 is 0 Å². The first kappa shape index (κ1) is 10.3. The standard InChI is InChI=1S/C12H18O/c1-9-4-10(2)6-12(5-9)7-11(3)8-13/h4-6,11,13H,7-8H2,1-3H3/t11-/m0/s1. The Kier molecular flexibility index (Phi) is 3.49. The Labute approximate surface area is 80.4 Å². The Morgan fingerprint density at radius 3 is 2.15 bits per heavy atom. The minimum Gasteiger partial charge on any atom is -0.396 e. The average Bonchev–Trinajstić information content (AvgIpc) is 2.02. The number of aliphatic hydroxyl groups is 1. The zero-order valence-corrected chi connectivity index (χ0v) is 8.67. The van der Waals surface area contributed by atoms with Crippen LogP contribution in [-0.4, -0.2) is 11.7 Å². The van der Waals surface area contributed by atoms with E-state index in [4.69, 9.17) is 5.11 Å². The van der Waals surface area contributed by atoms with Crippen molar-refractivity contribution in [3.8, 4) is 0 Å². The molecule has 0 aliphatic rings. The molecule has 0 radical (unpaired) electrons. The molecule has 1 aromatic carbocycles. The van der Waals surface area contributed by atoms with Crippen molar-refractivity contribution in [1.82, 2.24) is 0 Å². The molecule has 1 aromatic rings. The van der Waals surface area contributed by atoms with Gasteiger partial charge in [0.25, 0.3) is 0 Å². The van der Waals surface area contributed by atoms with E-state index in [1.807, 2.05) is 0 Å². The maximum absolute atomic E-state index is 8.93. The zero-order chi connectivity index (χ0) is 9.84. The largest absolute Gasteiger partial charge is 0.396 e. The van der Waals surface area contributed by atoms with Crippen LogP contribution in [0.5, 0.6) is 0 Å². The Bertz CT molecular complexity index is 258.